The number of carbonyl (C=O) groups is 1. The summed E-state index contributed by atoms with van der Waals surface area (Å²) in [5, 5.41) is 0.162. The predicted octanol–water partition coefficient (Wildman–Crippen LogP) is 4.70. The Morgan fingerprint density at radius 3 is 2.33 bits per heavy atom. The average Bonchev–Trinajstić information content (AvgIpc) is 2.41. The number of methoxy groups -OCH3 is 1. The van der Waals surface area contributed by atoms with Crippen molar-refractivity contribution in [2.75, 3.05) is 7.11 Å². The van der Waals surface area contributed by atoms with Gasteiger partial charge in [-0.05, 0) is 32.0 Å². The molecule has 0 aromatic heterocycles. The molecule has 1 aliphatic rings. The Hall–Kier alpha value is -0.653. The van der Waals surface area contributed by atoms with Crippen LogP contribution in [0.2, 0.25) is 18.1 Å². The van der Waals surface area contributed by atoms with E-state index in [1.165, 1.54) is 12.7 Å². The Morgan fingerprint density at radius 2 is 1.88 bits per heavy atom. The van der Waals surface area contributed by atoms with Crippen molar-refractivity contribution < 1.29 is 18.7 Å². The summed E-state index contributed by atoms with van der Waals surface area (Å²) in [6, 6.07) is 0. The quantitative estimate of drug-likeness (QED) is 0.407. The lowest BCUT2D eigenvalue weighted by molar-refractivity contribution is -0.153. The van der Waals surface area contributed by atoms with Gasteiger partial charge in [0.2, 0.25) is 0 Å². The largest absolute Gasteiger partial charge is 0.469 e. The molecule has 1 unspecified atom stereocenters. The van der Waals surface area contributed by atoms with Crippen LogP contribution in [0.5, 0.6) is 0 Å². The second-order valence-electron chi connectivity index (χ2n) is 8.75. The first-order chi connectivity index (χ1) is 10.9. The van der Waals surface area contributed by atoms with Crippen LogP contribution in [0.15, 0.2) is 11.6 Å². The standard InChI is InChI=1S/C19H36O4Si/c1-13(2)10-15-11-17(23-24(8,9)19(4,5)6)14(3)16(22-15)12-18(20)21-7/h10,14-17H,11-12H2,1-9H3/t14-,15-,16+,17?/m1/s1. The molecule has 4 atom stereocenters. The summed E-state index contributed by atoms with van der Waals surface area (Å²) in [6.45, 7) is 17.6. The van der Waals surface area contributed by atoms with Crippen LogP contribution in [0, 0.1) is 5.92 Å². The predicted molar refractivity (Wildman–Crippen MR) is 101 cm³/mol. The molecule has 4 nitrogen and oxygen atoms in total. The Kier molecular flexibility index (Phi) is 7.26. The minimum Gasteiger partial charge on any atom is -0.469 e. The number of hydrogen-bond donors (Lipinski definition) is 0. The molecule has 0 amide bonds. The summed E-state index contributed by atoms with van der Waals surface area (Å²) in [5.41, 5.74) is 1.22. The van der Waals surface area contributed by atoms with Crippen molar-refractivity contribution in [2.45, 2.75) is 90.8 Å². The van der Waals surface area contributed by atoms with Crippen molar-refractivity contribution in [3.05, 3.63) is 11.6 Å². The number of carbonyl (C=O) groups excluding carboxylic acids is 1. The van der Waals surface area contributed by atoms with E-state index in [-0.39, 0.29) is 41.7 Å². The Bertz CT molecular complexity index is 460. The van der Waals surface area contributed by atoms with E-state index in [1.54, 1.807) is 0 Å². The third kappa shape index (κ3) is 5.71. The lowest BCUT2D eigenvalue weighted by Gasteiger charge is -2.46. The number of ether oxygens (including phenoxy) is 2. The van der Waals surface area contributed by atoms with Gasteiger partial charge in [-0.1, -0.05) is 39.3 Å². The van der Waals surface area contributed by atoms with E-state index in [0.29, 0.717) is 0 Å². The molecular formula is C19H36O4Si. The minimum atomic E-state index is -1.87. The van der Waals surface area contributed by atoms with Gasteiger partial charge in [-0.3, -0.25) is 4.79 Å². The lowest BCUT2D eigenvalue weighted by Crippen LogP contribution is -2.51. The van der Waals surface area contributed by atoms with E-state index in [9.17, 15) is 4.79 Å². The highest BCUT2D eigenvalue weighted by molar-refractivity contribution is 6.74. The van der Waals surface area contributed by atoms with E-state index in [2.05, 4.69) is 60.7 Å². The molecule has 1 rings (SSSR count). The van der Waals surface area contributed by atoms with Crippen LogP contribution in [0.4, 0.5) is 0 Å². The van der Waals surface area contributed by atoms with Crippen LogP contribution in [0.25, 0.3) is 0 Å². The molecule has 1 fully saturated rings. The molecule has 0 spiro atoms. The fourth-order valence-electron chi connectivity index (χ4n) is 2.76. The number of rotatable bonds is 5. The zero-order chi connectivity index (χ0) is 18.7. The summed E-state index contributed by atoms with van der Waals surface area (Å²) in [6.07, 6.45) is 3.20. The summed E-state index contributed by atoms with van der Waals surface area (Å²) >= 11 is 0. The Morgan fingerprint density at radius 1 is 1.29 bits per heavy atom. The smallest absolute Gasteiger partial charge is 0.308 e. The molecule has 0 aromatic carbocycles. The van der Waals surface area contributed by atoms with E-state index < -0.39 is 8.32 Å². The van der Waals surface area contributed by atoms with Gasteiger partial charge in [-0.15, -0.1) is 0 Å². The van der Waals surface area contributed by atoms with Gasteiger partial charge in [0.15, 0.2) is 8.32 Å². The summed E-state index contributed by atoms with van der Waals surface area (Å²) < 4.78 is 17.7. The molecule has 1 saturated heterocycles. The molecule has 1 heterocycles. The molecule has 0 N–H and O–H groups in total. The van der Waals surface area contributed by atoms with Gasteiger partial charge in [-0.25, -0.2) is 0 Å². The Labute approximate surface area is 149 Å². The van der Waals surface area contributed by atoms with Crippen LogP contribution in [0.1, 0.15) is 54.4 Å². The van der Waals surface area contributed by atoms with Gasteiger partial charge < -0.3 is 13.9 Å². The normalized spacial score (nSPS) is 28.4. The Balaban J connectivity index is 2.99. The molecule has 5 heteroatoms. The van der Waals surface area contributed by atoms with Gasteiger partial charge in [0.05, 0.1) is 31.8 Å². The highest BCUT2D eigenvalue weighted by Gasteiger charge is 2.44. The molecule has 0 bridgehead atoms. The van der Waals surface area contributed by atoms with Crippen molar-refractivity contribution in [3.8, 4) is 0 Å². The van der Waals surface area contributed by atoms with Gasteiger partial charge >= 0.3 is 5.97 Å². The van der Waals surface area contributed by atoms with Crippen LogP contribution in [0.3, 0.4) is 0 Å². The van der Waals surface area contributed by atoms with Crippen molar-refractivity contribution in [3.63, 3.8) is 0 Å². The van der Waals surface area contributed by atoms with Crippen molar-refractivity contribution in [1.82, 2.24) is 0 Å². The van der Waals surface area contributed by atoms with Crippen LogP contribution in [-0.2, 0) is 18.7 Å². The molecule has 1 aliphatic heterocycles. The second-order valence-corrected chi connectivity index (χ2v) is 13.5. The zero-order valence-corrected chi connectivity index (χ0v) is 17.9. The fraction of sp³-hybridized carbons (Fsp3) is 0.842. The summed E-state index contributed by atoms with van der Waals surface area (Å²) in [5.74, 6) is -0.0594. The van der Waals surface area contributed by atoms with E-state index in [1.807, 2.05) is 0 Å². The first-order valence-electron chi connectivity index (χ1n) is 8.92. The number of esters is 1. The van der Waals surface area contributed by atoms with Gasteiger partial charge in [0.1, 0.15) is 0 Å². The van der Waals surface area contributed by atoms with E-state index in [4.69, 9.17) is 13.9 Å². The SMILES string of the molecule is COC(=O)C[C@@H]1O[C@H](C=C(C)C)CC(O[Si](C)(C)C(C)(C)C)[C@@H]1C. The molecule has 0 aliphatic carbocycles. The fourth-order valence-corrected chi connectivity index (χ4v) is 4.18. The molecular weight excluding hydrogens is 320 g/mol. The van der Waals surface area contributed by atoms with Crippen molar-refractivity contribution >= 4 is 14.3 Å². The first kappa shape index (κ1) is 21.4. The van der Waals surface area contributed by atoms with Crippen LogP contribution in [-0.4, -0.2) is 39.7 Å². The molecule has 0 saturated carbocycles. The van der Waals surface area contributed by atoms with Gasteiger partial charge in [0.25, 0.3) is 0 Å². The maximum Gasteiger partial charge on any atom is 0.308 e. The number of hydrogen-bond acceptors (Lipinski definition) is 4. The summed E-state index contributed by atoms with van der Waals surface area (Å²) in [4.78, 5) is 11.8. The summed E-state index contributed by atoms with van der Waals surface area (Å²) in [7, 11) is -0.450. The number of allylic oxidation sites excluding steroid dienone is 1. The maximum atomic E-state index is 11.8. The molecule has 0 aromatic rings. The minimum absolute atomic E-state index is 0.00405. The highest BCUT2D eigenvalue weighted by atomic mass is 28.4. The third-order valence-corrected chi connectivity index (χ3v) is 9.86. The van der Waals surface area contributed by atoms with E-state index in [0.717, 1.165) is 6.42 Å². The molecule has 140 valence electrons. The van der Waals surface area contributed by atoms with Gasteiger partial charge in [-0.2, -0.15) is 0 Å². The van der Waals surface area contributed by atoms with Gasteiger partial charge in [0, 0.05) is 12.3 Å². The van der Waals surface area contributed by atoms with E-state index >= 15 is 0 Å². The maximum absolute atomic E-state index is 11.8. The second kappa shape index (κ2) is 8.15. The lowest BCUT2D eigenvalue weighted by atomic mass is 9.88. The highest BCUT2D eigenvalue weighted by Crippen LogP contribution is 2.41. The topological polar surface area (TPSA) is 44.8 Å². The monoisotopic (exact) mass is 356 g/mol. The first-order valence-corrected chi connectivity index (χ1v) is 11.8. The van der Waals surface area contributed by atoms with Crippen molar-refractivity contribution in [2.24, 2.45) is 5.92 Å². The average molecular weight is 357 g/mol. The molecule has 24 heavy (non-hydrogen) atoms. The zero-order valence-electron chi connectivity index (χ0n) is 16.9. The van der Waals surface area contributed by atoms with Crippen LogP contribution >= 0.6 is 0 Å². The third-order valence-electron chi connectivity index (χ3n) is 5.35. The van der Waals surface area contributed by atoms with Crippen molar-refractivity contribution in [1.29, 1.82) is 0 Å². The van der Waals surface area contributed by atoms with Crippen LogP contribution < -0.4 is 0 Å². The molecule has 0 radical (unpaired) electrons.